The molecule has 0 atom stereocenters. The van der Waals surface area contributed by atoms with Crippen LogP contribution in [-0.4, -0.2) is 25.5 Å². The molecule has 0 fully saturated rings. The predicted octanol–water partition coefficient (Wildman–Crippen LogP) is 4.84. The number of amides is 1. The number of carbonyl (C=O) groups excluding carboxylic acids is 2. The Bertz CT molecular complexity index is 1060. The first-order chi connectivity index (χ1) is 14.3. The number of thiophene rings is 1. The molecule has 144 valence electrons. The van der Waals surface area contributed by atoms with Crippen LogP contribution in [0.1, 0.15) is 38.7 Å². The van der Waals surface area contributed by atoms with Gasteiger partial charge in [-0.2, -0.15) is 0 Å². The highest BCUT2D eigenvalue weighted by molar-refractivity contribution is 7.11. The van der Waals surface area contributed by atoms with Crippen molar-refractivity contribution >= 4 is 23.7 Å². The van der Waals surface area contributed by atoms with E-state index < -0.39 is 6.09 Å². The number of benzene rings is 2. The second-order valence-corrected chi connectivity index (χ2v) is 7.60. The monoisotopic (exact) mass is 401 g/mol. The maximum Gasteiger partial charge on any atom is 0.407 e. The van der Waals surface area contributed by atoms with Gasteiger partial charge in [0.15, 0.2) is 6.29 Å². The van der Waals surface area contributed by atoms with Crippen LogP contribution in [0.5, 0.6) is 0 Å². The summed E-state index contributed by atoms with van der Waals surface area (Å²) in [6.45, 7) is 0.712. The van der Waals surface area contributed by atoms with Crippen LogP contribution in [0.2, 0.25) is 0 Å². The number of aldehydes is 1. The number of carbonyl (C=O) groups is 2. The molecule has 0 bridgehead atoms. The third-order valence-corrected chi connectivity index (χ3v) is 5.69. The number of hydrogen-bond donors (Lipinski definition) is 1. The van der Waals surface area contributed by atoms with Gasteiger partial charge in [0.25, 0.3) is 0 Å². The third kappa shape index (κ3) is 4.23. The maximum absolute atomic E-state index is 12.1. The van der Waals surface area contributed by atoms with E-state index in [2.05, 4.69) is 41.4 Å². The standard InChI is InChI=1S/C24H19NO3S/c26-14-18-13-17(16-29-18)7-5-6-12-25-24(27)28-15-23-21-10-3-1-8-19(21)20-9-2-4-11-22(20)23/h1-4,8-11,13-14,16,23H,6,12,15H2,(H,25,27). The van der Waals surface area contributed by atoms with Crippen LogP contribution in [0.4, 0.5) is 4.79 Å². The van der Waals surface area contributed by atoms with Gasteiger partial charge >= 0.3 is 6.09 Å². The molecular formula is C24H19NO3S. The Morgan fingerprint density at radius 3 is 2.45 bits per heavy atom. The fourth-order valence-electron chi connectivity index (χ4n) is 3.52. The van der Waals surface area contributed by atoms with E-state index >= 15 is 0 Å². The summed E-state index contributed by atoms with van der Waals surface area (Å²) in [5, 5.41) is 4.58. The zero-order valence-corrected chi connectivity index (χ0v) is 16.5. The number of fused-ring (bicyclic) bond motifs is 3. The smallest absolute Gasteiger partial charge is 0.407 e. The lowest BCUT2D eigenvalue weighted by atomic mass is 9.98. The predicted molar refractivity (Wildman–Crippen MR) is 114 cm³/mol. The molecule has 4 nitrogen and oxygen atoms in total. The average Bonchev–Trinajstić information content (AvgIpc) is 3.34. The summed E-state index contributed by atoms with van der Waals surface area (Å²) >= 11 is 1.37. The van der Waals surface area contributed by atoms with Crippen LogP contribution in [0, 0.1) is 11.8 Å². The van der Waals surface area contributed by atoms with E-state index in [1.807, 2.05) is 29.6 Å². The second kappa shape index (κ2) is 8.76. The van der Waals surface area contributed by atoms with Crippen molar-refractivity contribution in [1.82, 2.24) is 5.32 Å². The first kappa shape index (κ1) is 19.0. The van der Waals surface area contributed by atoms with Gasteiger partial charge in [0.05, 0.1) is 4.88 Å². The molecule has 4 rings (SSSR count). The molecule has 0 spiro atoms. The van der Waals surface area contributed by atoms with Crippen LogP contribution < -0.4 is 5.32 Å². The summed E-state index contributed by atoms with van der Waals surface area (Å²) in [5.74, 6) is 6.02. The summed E-state index contributed by atoms with van der Waals surface area (Å²) in [5.41, 5.74) is 5.62. The summed E-state index contributed by atoms with van der Waals surface area (Å²) in [7, 11) is 0. The Hall–Kier alpha value is -3.36. The van der Waals surface area contributed by atoms with Gasteiger partial charge in [0, 0.05) is 29.8 Å². The van der Waals surface area contributed by atoms with Gasteiger partial charge in [0.2, 0.25) is 0 Å². The fraction of sp³-hybridized carbons (Fsp3) is 0.167. The van der Waals surface area contributed by atoms with Crippen LogP contribution in [-0.2, 0) is 4.74 Å². The Morgan fingerprint density at radius 1 is 1.10 bits per heavy atom. The highest BCUT2D eigenvalue weighted by atomic mass is 32.1. The quantitative estimate of drug-likeness (QED) is 0.378. The van der Waals surface area contributed by atoms with E-state index in [0.29, 0.717) is 24.4 Å². The van der Waals surface area contributed by atoms with Crippen molar-refractivity contribution in [2.45, 2.75) is 12.3 Å². The van der Waals surface area contributed by atoms with Crippen molar-refractivity contribution in [1.29, 1.82) is 0 Å². The molecule has 29 heavy (non-hydrogen) atoms. The molecule has 0 radical (unpaired) electrons. The van der Waals surface area contributed by atoms with Gasteiger partial charge in [-0.3, -0.25) is 4.79 Å². The van der Waals surface area contributed by atoms with E-state index in [1.165, 1.54) is 33.6 Å². The largest absolute Gasteiger partial charge is 0.449 e. The molecule has 1 aliphatic carbocycles. The second-order valence-electron chi connectivity index (χ2n) is 6.66. The van der Waals surface area contributed by atoms with E-state index in [-0.39, 0.29) is 5.92 Å². The van der Waals surface area contributed by atoms with Crippen molar-refractivity contribution in [3.63, 3.8) is 0 Å². The molecule has 2 aromatic carbocycles. The number of rotatable bonds is 5. The molecule has 0 unspecified atom stereocenters. The van der Waals surface area contributed by atoms with Crippen LogP contribution in [0.15, 0.2) is 60.0 Å². The minimum absolute atomic E-state index is 0.0542. The summed E-state index contributed by atoms with van der Waals surface area (Å²) in [4.78, 5) is 23.4. The minimum atomic E-state index is -0.438. The first-order valence-electron chi connectivity index (χ1n) is 9.37. The number of alkyl carbamates (subject to hydrolysis) is 1. The molecular weight excluding hydrogens is 382 g/mol. The Labute approximate surface area is 173 Å². The molecule has 1 aromatic heterocycles. The van der Waals surface area contributed by atoms with Gasteiger partial charge in [-0.25, -0.2) is 4.79 Å². The van der Waals surface area contributed by atoms with E-state index in [4.69, 9.17) is 4.74 Å². The molecule has 1 N–H and O–H groups in total. The Balaban J connectivity index is 1.29. The summed E-state index contributed by atoms with van der Waals surface area (Å²) in [6.07, 6.45) is 0.887. The molecule has 1 aliphatic rings. The summed E-state index contributed by atoms with van der Waals surface area (Å²) in [6, 6.07) is 18.3. The molecule has 5 heteroatoms. The Kier molecular flexibility index (Phi) is 5.73. The van der Waals surface area contributed by atoms with Gasteiger partial charge in [-0.15, -0.1) is 11.3 Å². The molecule has 1 amide bonds. The van der Waals surface area contributed by atoms with E-state index in [9.17, 15) is 9.59 Å². The van der Waals surface area contributed by atoms with Crippen molar-refractivity contribution in [2.75, 3.05) is 13.2 Å². The zero-order valence-electron chi connectivity index (χ0n) is 15.7. The highest BCUT2D eigenvalue weighted by Crippen LogP contribution is 2.44. The minimum Gasteiger partial charge on any atom is -0.449 e. The van der Waals surface area contributed by atoms with E-state index in [1.54, 1.807) is 6.07 Å². The average molecular weight is 401 g/mol. The maximum atomic E-state index is 12.1. The molecule has 3 aromatic rings. The molecule has 0 aliphatic heterocycles. The summed E-state index contributed by atoms with van der Waals surface area (Å²) < 4.78 is 5.49. The van der Waals surface area contributed by atoms with Crippen molar-refractivity contribution in [3.05, 3.63) is 81.5 Å². The normalized spacial score (nSPS) is 11.7. The Morgan fingerprint density at radius 2 is 1.79 bits per heavy atom. The van der Waals surface area contributed by atoms with Crippen molar-refractivity contribution in [2.24, 2.45) is 0 Å². The van der Waals surface area contributed by atoms with Crippen LogP contribution >= 0.6 is 11.3 Å². The molecule has 1 heterocycles. The number of hydrogen-bond acceptors (Lipinski definition) is 4. The van der Waals surface area contributed by atoms with Gasteiger partial charge in [-0.1, -0.05) is 60.4 Å². The molecule has 0 saturated carbocycles. The van der Waals surface area contributed by atoms with Crippen LogP contribution in [0.25, 0.3) is 11.1 Å². The SMILES string of the molecule is O=Cc1cc(C#CCCNC(=O)OCC2c3ccccc3-c3ccccc32)cs1. The number of ether oxygens (including phenoxy) is 1. The zero-order chi connectivity index (χ0) is 20.1. The van der Waals surface area contributed by atoms with Gasteiger partial charge in [-0.05, 0) is 28.3 Å². The lowest BCUT2D eigenvalue weighted by molar-refractivity contribution is 0.112. The lowest BCUT2D eigenvalue weighted by Crippen LogP contribution is -2.26. The van der Waals surface area contributed by atoms with Gasteiger partial charge < -0.3 is 10.1 Å². The van der Waals surface area contributed by atoms with Crippen molar-refractivity contribution in [3.8, 4) is 23.0 Å². The first-order valence-corrected chi connectivity index (χ1v) is 10.3. The topological polar surface area (TPSA) is 55.4 Å². The van der Waals surface area contributed by atoms with Crippen LogP contribution in [0.3, 0.4) is 0 Å². The lowest BCUT2D eigenvalue weighted by Gasteiger charge is -2.14. The van der Waals surface area contributed by atoms with E-state index in [0.717, 1.165) is 11.8 Å². The highest BCUT2D eigenvalue weighted by Gasteiger charge is 2.28. The number of nitrogens with one attached hydrogen (secondary N) is 1. The molecule has 0 saturated heterocycles. The fourth-order valence-corrected chi connectivity index (χ4v) is 4.16. The van der Waals surface area contributed by atoms with Gasteiger partial charge in [0.1, 0.15) is 6.61 Å². The third-order valence-electron chi connectivity index (χ3n) is 4.83. The van der Waals surface area contributed by atoms with Crippen molar-refractivity contribution < 1.29 is 14.3 Å².